The largest absolute Gasteiger partial charge is 0.493 e. The third-order valence-electron chi connectivity index (χ3n) is 5.01. The summed E-state index contributed by atoms with van der Waals surface area (Å²) in [5.74, 6) is 1.25. The van der Waals surface area contributed by atoms with Crippen molar-refractivity contribution in [2.45, 2.75) is 32.9 Å². The molecule has 1 N–H and O–H groups in total. The van der Waals surface area contributed by atoms with Gasteiger partial charge in [0.1, 0.15) is 0 Å². The number of hydrogen-bond donors (Lipinski definition) is 1. The number of carbonyl (C=O) groups excluding carboxylic acids is 2. The first-order chi connectivity index (χ1) is 14.4. The smallest absolute Gasteiger partial charge is 0.241 e. The molecule has 1 aliphatic heterocycles. The number of hydrogen-bond acceptors (Lipinski definition) is 5. The highest BCUT2D eigenvalue weighted by Gasteiger charge is 2.29. The van der Waals surface area contributed by atoms with E-state index in [2.05, 4.69) is 5.32 Å². The van der Waals surface area contributed by atoms with E-state index in [1.165, 1.54) is 0 Å². The fraction of sp³-hybridized carbons (Fsp3) is 0.391. The van der Waals surface area contributed by atoms with Gasteiger partial charge in [-0.25, -0.2) is 0 Å². The summed E-state index contributed by atoms with van der Waals surface area (Å²) in [7, 11) is 3.51. The molecule has 2 amide bonds. The number of para-hydroxylation sites is 2. The molecule has 30 heavy (non-hydrogen) atoms. The van der Waals surface area contributed by atoms with Gasteiger partial charge in [0, 0.05) is 19.0 Å². The van der Waals surface area contributed by atoms with E-state index < -0.39 is 0 Å². The van der Waals surface area contributed by atoms with Crippen LogP contribution in [0.3, 0.4) is 0 Å². The summed E-state index contributed by atoms with van der Waals surface area (Å²) in [5, 5.41) is 2.89. The highest BCUT2D eigenvalue weighted by atomic mass is 16.5. The lowest BCUT2D eigenvalue weighted by atomic mass is 10.1. The molecule has 160 valence electrons. The number of amides is 2. The molecule has 1 unspecified atom stereocenters. The predicted molar refractivity (Wildman–Crippen MR) is 117 cm³/mol. The van der Waals surface area contributed by atoms with Crippen molar-refractivity contribution in [2.24, 2.45) is 0 Å². The number of likely N-dealkylation sites (N-methyl/N-ethyl adjacent to an activating group) is 1. The topological polar surface area (TPSA) is 71.1 Å². The third kappa shape index (κ3) is 4.91. The van der Waals surface area contributed by atoms with Crippen LogP contribution in [0.15, 0.2) is 42.5 Å². The van der Waals surface area contributed by atoms with Gasteiger partial charge in [-0.05, 0) is 50.7 Å². The Labute approximate surface area is 177 Å². The Morgan fingerprint density at radius 1 is 1.23 bits per heavy atom. The first-order valence-corrected chi connectivity index (χ1v) is 10.1. The second-order valence-electron chi connectivity index (χ2n) is 7.47. The fourth-order valence-corrected chi connectivity index (χ4v) is 3.73. The first-order valence-electron chi connectivity index (χ1n) is 10.1. The quantitative estimate of drug-likeness (QED) is 0.757. The van der Waals surface area contributed by atoms with Crippen LogP contribution in [0.5, 0.6) is 11.5 Å². The van der Waals surface area contributed by atoms with Gasteiger partial charge in [0.25, 0.3) is 0 Å². The van der Waals surface area contributed by atoms with E-state index in [0.717, 1.165) is 11.3 Å². The zero-order valence-corrected chi connectivity index (χ0v) is 18.0. The van der Waals surface area contributed by atoms with Crippen LogP contribution in [0.2, 0.25) is 0 Å². The molecule has 0 radical (unpaired) electrons. The molecule has 2 aromatic carbocycles. The number of rotatable bonds is 7. The van der Waals surface area contributed by atoms with Gasteiger partial charge in [-0.2, -0.15) is 0 Å². The summed E-state index contributed by atoms with van der Waals surface area (Å²) >= 11 is 0. The molecule has 7 nitrogen and oxygen atoms in total. The lowest BCUT2D eigenvalue weighted by Gasteiger charge is -2.29. The van der Waals surface area contributed by atoms with Gasteiger partial charge in [-0.15, -0.1) is 0 Å². The van der Waals surface area contributed by atoms with Gasteiger partial charge in [-0.3, -0.25) is 14.5 Å². The van der Waals surface area contributed by atoms with Crippen LogP contribution in [0.4, 0.5) is 11.4 Å². The zero-order valence-electron chi connectivity index (χ0n) is 18.0. The normalized spacial score (nSPS) is 16.0. The molecule has 0 aromatic heterocycles. The molecule has 0 spiro atoms. The van der Waals surface area contributed by atoms with E-state index in [1.807, 2.05) is 68.3 Å². The molecule has 1 aliphatic rings. The molecule has 0 bridgehead atoms. The summed E-state index contributed by atoms with van der Waals surface area (Å²) in [6.07, 6.45) is 0.264. The Bertz CT molecular complexity index is 915. The minimum Gasteiger partial charge on any atom is -0.493 e. The summed E-state index contributed by atoms with van der Waals surface area (Å²) in [6.45, 7) is 5.20. The molecule has 0 aliphatic carbocycles. The van der Waals surface area contributed by atoms with Crippen molar-refractivity contribution >= 4 is 23.2 Å². The van der Waals surface area contributed by atoms with Crippen LogP contribution in [0.1, 0.15) is 25.8 Å². The van der Waals surface area contributed by atoms with Gasteiger partial charge in [-0.1, -0.05) is 18.2 Å². The van der Waals surface area contributed by atoms with Crippen LogP contribution in [-0.2, 0) is 16.1 Å². The molecule has 7 heteroatoms. The Kier molecular flexibility index (Phi) is 6.95. The van der Waals surface area contributed by atoms with Crippen molar-refractivity contribution in [3.63, 3.8) is 0 Å². The van der Waals surface area contributed by atoms with Crippen molar-refractivity contribution in [3.05, 3.63) is 48.0 Å². The number of nitrogens with zero attached hydrogens (tertiary/aromatic N) is 2. The standard InChI is InChI=1S/C23H29N3O4/c1-5-30-20-11-10-17(13-21(20)29-4)14-25(3)15-23(28)26-16(2)12-22(27)24-18-8-6-7-9-19(18)26/h6-11,13,16H,5,12,14-15H2,1-4H3,(H,24,27). The van der Waals surface area contributed by atoms with Crippen LogP contribution in [0, 0.1) is 0 Å². The molecule has 0 saturated carbocycles. The summed E-state index contributed by atoms with van der Waals surface area (Å²) in [4.78, 5) is 29.0. The number of carbonyl (C=O) groups is 2. The van der Waals surface area contributed by atoms with Crippen LogP contribution in [-0.4, -0.2) is 50.1 Å². The lowest BCUT2D eigenvalue weighted by molar-refractivity contribution is -0.120. The van der Waals surface area contributed by atoms with Crippen molar-refractivity contribution in [3.8, 4) is 11.5 Å². The Hall–Kier alpha value is -3.06. The predicted octanol–water partition coefficient (Wildman–Crippen LogP) is 3.29. The number of nitrogens with one attached hydrogen (secondary N) is 1. The van der Waals surface area contributed by atoms with Crippen molar-refractivity contribution in [1.29, 1.82) is 0 Å². The first kappa shape index (κ1) is 21.6. The second kappa shape index (κ2) is 9.63. The Balaban J connectivity index is 1.73. The maximum Gasteiger partial charge on any atom is 0.241 e. The third-order valence-corrected chi connectivity index (χ3v) is 5.01. The Morgan fingerprint density at radius 3 is 2.73 bits per heavy atom. The average molecular weight is 412 g/mol. The van der Waals surface area contributed by atoms with E-state index in [1.54, 1.807) is 12.0 Å². The molecule has 3 rings (SSSR count). The minimum absolute atomic E-state index is 0.0492. The van der Waals surface area contributed by atoms with Gasteiger partial charge in [0.05, 0.1) is 31.6 Å². The fourth-order valence-electron chi connectivity index (χ4n) is 3.73. The molecule has 1 atom stereocenters. The average Bonchev–Trinajstić information content (AvgIpc) is 2.83. The summed E-state index contributed by atoms with van der Waals surface area (Å²) in [5.41, 5.74) is 2.42. The number of benzene rings is 2. The minimum atomic E-state index is -0.222. The SMILES string of the molecule is CCOc1ccc(CN(C)CC(=O)N2c3ccccc3NC(=O)CC2C)cc1OC. The maximum atomic E-state index is 13.2. The van der Waals surface area contributed by atoms with Crippen molar-refractivity contribution < 1.29 is 19.1 Å². The molecule has 1 heterocycles. The number of methoxy groups -OCH3 is 1. The second-order valence-corrected chi connectivity index (χ2v) is 7.47. The van der Waals surface area contributed by atoms with Crippen LogP contribution >= 0.6 is 0 Å². The number of anilines is 2. The van der Waals surface area contributed by atoms with E-state index in [0.29, 0.717) is 30.3 Å². The Morgan fingerprint density at radius 2 is 2.00 bits per heavy atom. The molecule has 0 fully saturated rings. The van der Waals surface area contributed by atoms with Gasteiger partial charge in [0.2, 0.25) is 11.8 Å². The highest BCUT2D eigenvalue weighted by molar-refractivity contribution is 6.04. The van der Waals surface area contributed by atoms with Crippen LogP contribution < -0.4 is 19.7 Å². The molecular weight excluding hydrogens is 382 g/mol. The van der Waals surface area contributed by atoms with E-state index in [9.17, 15) is 9.59 Å². The van der Waals surface area contributed by atoms with Crippen LogP contribution in [0.25, 0.3) is 0 Å². The number of fused-ring (bicyclic) bond motifs is 1. The monoisotopic (exact) mass is 411 g/mol. The molecule has 0 saturated heterocycles. The maximum absolute atomic E-state index is 13.2. The summed E-state index contributed by atoms with van der Waals surface area (Å²) in [6, 6.07) is 13.0. The van der Waals surface area contributed by atoms with E-state index >= 15 is 0 Å². The lowest BCUT2D eigenvalue weighted by Crippen LogP contribution is -2.44. The van der Waals surface area contributed by atoms with Gasteiger partial charge < -0.3 is 19.7 Å². The molecular formula is C23H29N3O4. The molecule has 2 aromatic rings. The number of ether oxygens (including phenoxy) is 2. The van der Waals surface area contributed by atoms with Crippen molar-refractivity contribution in [1.82, 2.24) is 4.90 Å². The summed E-state index contributed by atoms with van der Waals surface area (Å²) < 4.78 is 11.0. The highest BCUT2D eigenvalue weighted by Crippen LogP contribution is 2.32. The van der Waals surface area contributed by atoms with Gasteiger partial charge >= 0.3 is 0 Å². The van der Waals surface area contributed by atoms with Gasteiger partial charge in [0.15, 0.2) is 11.5 Å². The zero-order chi connectivity index (χ0) is 21.7. The van der Waals surface area contributed by atoms with E-state index in [4.69, 9.17) is 9.47 Å². The van der Waals surface area contributed by atoms with E-state index in [-0.39, 0.29) is 30.8 Å². The van der Waals surface area contributed by atoms with Crippen molar-refractivity contribution in [2.75, 3.05) is 37.5 Å².